The maximum Gasteiger partial charge on any atom is 0.0123 e. The van der Waals surface area contributed by atoms with Crippen molar-refractivity contribution >= 4 is 0 Å². The Labute approximate surface area is 109 Å². The first kappa shape index (κ1) is 15.0. The average Bonchev–Trinajstić information content (AvgIpc) is 2.83. The molecular weight excluding hydrogens is 206 g/mol. The van der Waals surface area contributed by atoms with Gasteiger partial charge in [0.25, 0.3) is 0 Å². The lowest BCUT2D eigenvalue weighted by Gasteiger charge is -2.32. The monoisotopic (exact) mass is 239 g/mol. The number of nitrogens with one attached hydrogen (secondary N) is 1. The van der Waals surface area contributed by atoms with Gasteiger partial charge in [-0.2, -0.15) is 0 Å². The Kier molecular flexibility index (Phi) is 7.18. The molecule has 1 N–H and O–H groups in total. The van der Waals surface area contributed by atoms with Crippen LogP contribution >= 0.6 is 0 Å². The largest absolute Gasteiger partial charge is 0.313 e. The van der Waals surface area contributed by atoms with Gasteiger partial charge in [0.05, 0.1) is 0 Å². The van der Waals surface area contributed by atoms with Crippen LogP contribution in [0.5, 0.6) is 0 Å². The zero-order valence-corrected chi connectivity index (χ0v) is 12.5. The van der Waals surface area contributed by atoms with E-state index in [4.69, 9.17) is 0 Å². The zero-order valence-electron chi connectivity index (χ0n) is 12.5. The molecule has 1 rings (SSSR count). The van der Waals surface area contributed by atoms with Gasteiger partial charge < -0.3 is 5.32 Å². The first-order valence-electron chi connectivity index (χ1n) is 8.00. The molecule has 3 unspecified atom stereocenters. The second kappa shape index (κ2) is 8.13. The summed E-state index contributed by atoms with van der Waals surface area (Å²) in [4.78, 5) is 0. The van der Waals surface area contributed by atoms with E-state index >= 15 is 0 Å². The predicted molar refractivity (Wildman–Crippen MR) is 77.3 cm³/mol. The maximum absolute atomic E-state index is 3.86. The van der Waals surface area contributed by atoms with Crippen LogP contribution in [0.25, 0.3) is 0 Å². The summed E-state index contributed by atoms with van der Waals surface area (Å²) in [6.07, 6.45) is 9.76. The minimum atomic E-state index is 0.793. The van der Waals surface area contributed by atoms with Crippen LogP contribution < -0.4 is 5.32 Å². The molecule has 0 heterocycles. The van der Waals surface area contributed by atoms with Crippen molar-refractivity contribution in [3.8, 4) is 0 Å². The van der Waals surface area contributed by atoms with E-state index < -0.39 is 0 Å². The third-order valence-corrected chi connectivity index (χ3v) is 4.85. The van der Waals surface area contributed by atoms with Gasteiger partial charge in [-0.05, 0) is 43.6 Å². The highest BCUT2D eigenvalue weighted by atomic mass is 14.9. The quantitative estimate of drug-likeness (QED) is 0.652. The Hall–Kier alpha value is -0.0400. The molecule has 1 aliphatic carbocycles. The van der Waals surface area contributed by atoms with Crippen molar-refractivity contribution in [1.29, 1.82) is 0 Å². The fourth-order valence-electron chi connectivity index (χ4n) is 3.64. The van der Waals surface area contributed by atoms with E-state index in [-0.39, 0.29) is 0 Å². The Balaban J connectivity index is 2.55. The molecule has 0 bridgehead atoms. The summed E-state index contributed by atoms with van der Waals surface area (Å²) < 4.78 is 0. The summed E-state index contributed by atoms with van der Waals surface area (Å²) in [6.45, 7) is 10.6. The second-order valence-electron chi connectivity index (χ2n) is 5.90. The third kappa shape index (κ3) is 4.28. The number of hydrogen-bond donors (Lipinski definition) is 1. The molecule has 1 saturated carbocycles. The molecule has 0 amide bonds. The molecule has 3 atom stereocenters. The molecule has 0 spiro atoms. The summed E-state index contributed by atoms with van der Waals surface area (Å²) in [5, 5.41) is 3.86. The van der Waals surface area contributed by atoms with E-state index in [0.29, 0.717) is 0 Å². The fourth-order valence-corrected chi connectivity index (χ4v) is 3.64. The zero-order chi connectivity index (χ0) is 12.7. The van der Waals surface area contributed by atoms with Crippen molar-refractivity contribution < 1.29 is 0 Å². The number of rotatable bonds is 8. The molecule has 1 nitrogen and oxygen atoms in total. The van der Waals surface area contributed by atoms with Crippen molar-refractivity contribution in [1.82, 2.24) is 5.32 Å². The molecule has 102 valence electrons. The molecule has 1 aliphatic rings. The van der Waals surface area contributed by atoms with E-state index in [2.05, 4.69) is 33.0 Å². The van der Waals surface area contributed by atoms with E-state index in [1.54, 1.807) is 0 Å². The first-order valence-corrected chi connectivity index (χ1v) is 8.00. The molecule has 0 aromatic rings. The molecule has 0 aromatic heterocycles. The molecule has 0 saturated heterocycles. The predicted octanol–water partition coefficient (Wildman–Crippen LogP) is 4.62. The minimum absolute atomic E-state index is 0.793. The average molecular weight is 239 g/mol. The highest BCUT2D eigenvalue weighted by Gasteiger charge is 2.32. The van der Waals surface area contributed by atoms with Crippen LogP contribution in [0.15, 0.2) is 0 Å². The molecule has 0 radical (unpaired) electrons. The van der Waals surface area contributed by atoms with E-state index in [1.165, 1.54) is 51.5 Å². The van der Waals surface area contributed by atoms with Crippen molar-refractivity contribution in [3.05, 3.63) is 0 Å². The Morgan fingerprint density at radius 1 is 1.06 bits per heavy atom. The Bertz CT molecular complexity index is 186. The lowest BCUT2D eigenvalue weighted by atomic mass is 9.83. The van der Waals surface area contributed by atoms with E-state index in [9.17, 15) is 0 Å². The van der Waals surface area contributed by atoms with E-state index in [1.807, 2.05) is 0 Å². The van der Waals surface area contributed by atoms with Gasteiger partial charge in [0, 0.05) is 6.04 Å². The lowest BCUT2D eigenvalue weighted by Crippen LogP contribution is -2.41. The highest BCUT2D eigenvalue weighted by molar-refractivity contribution is 4.87. The van der Waals surface area contributed by atoms with Crippen molar-refractivity contribution in [2.24, 2.45) is 17.8 Å². The van der Waals surface area contributed by atoms with Crippen LogP contribution in [0.4, 0.5) is 0 Å². The van der Waals surface area contributed by atoms with Crippen molar-refractivity contribution in [2.75, 3.05) is 6.54 Å². The van der Waals surface area contributed by atoms with Crippen LogP contribution in [0.1, 0.15) is 72.6 Å². The second-order valence-corrected chi connectivity index (χ2v) is 5.90. The molecule has 0 aliphatic heterocycles. The summed E-state index contributed by atoms with van der Waals surface area (Å²) >= 11 is 0. The van der Waals surface area contributed by atoms with Gasteiger partial charge in [0.15, 0.2) is 0 Å². The Morgan fingerprint density at radius 3 is 2.24 bits per heavy atom. The lowest BCUT2D eigenvalue weighted by molar-refractivity contribution is 0.241. The van der Waals surface area contributed by atoms with Gasteiger partial charge in [-0.25, -0.2) is 0 Å². The van der Waals surface area contributed by atoms with Gasteiger partial charge in [-0.15, -0.1) is 0 Å². The summed E-state index contributed by atoms with van der Waals surface area (Å²) in [5.41, 5.74) is 0. The standard InChI is InChI=1S/C16H33N/c1-5-11-17-16(14(7-3)8-4)15-10-9-13(6-2)12-15/h13-17H,5-12H2,1-4H3. The smallest absolute Gasteiger partial charge is 0.0123 e. The summed E-state index contributed by atoms with van der Waals surface area (Å²) in [5.74, 6) is 2.86. The van der Waals surface area contributed by atoms with Crippen LogP contribution in [0.3, 0.4) is 0 Å². The normalized spacial score (nSPS) is 26.6. The third-order valence-electron chi connectivity index (χ3n) is 4.85. The topological polar surface area (TPSA) is 12.0 Å². The summed E-state index contributed by atoms with van der Waals surface area (Å²) in [7, 11) is 0. The fraction of sp³-hybridized carbons (Fsp3) is 1.00. The molecule has 17 heavy (non-hydrogen) atoms. The molecular formula is C16H33N. The highest BCUT2D eigenvalue weighted by Crippen LogP contribution is 2.38. The van der Waals surface area contributed by atoms with Gasteiger partial charge in [-0.1, -0.05) is 53.4 Å². The molecule has 1 fully saturated rings. The van der Waals surface area contributed by atoms with Gasteiger partial charge in [0.1, 0.15) is 0 Å². The van der Waals surface area contributed by atoms with Gasteiger partial charge in [-0.3, -0.25) is 0 Å². The number of hydrogen-bond acceptors (Lipinski definition) is 1. The molecule has 1 heteroatoms. The van der Waals surface area contributed by atoms with Gasteiger partial charge in [0.2, 0.25) is 0 Å². The minimum Gasteiger partial charge on any atom is -0.313 e. The van der Waals surface area contributed by atoms with E-state index in [0.717, 1.165) is 23.8 Å². The van der Waals surface area contributed by atoms with Gasteiger partial charge >= 0.3 is 0 Å². The van der Waals surface area contributed by atoms with Crippen LogP contribution in [-0.4, -0.2) is 12.6 Å². The van der Waals surface area contributed by atoms with Crippen molar-refractivity contribution in [3.63, 3.8) is 0 Å². The first-order chi connectivity index (χ1) is 8.26. The van der Waals surface area contributed by atoms with Crippen LogP contribution in [0.2, 0.25) is 0 Å². The molecule has 0 aromatic carbocycles. The van der Waals surface area contributed by atoms with Crippen LogP contribution in [-0.2, 0) is 0 Å². The maximum atomic E-state index is 3.86. The SMILES string of the molecule is CCCNC(C(CC)CC)C1CCC(CC)C1. The Morgan fingerprint density at radius 2 is 1.76 bits per heavy atom. The van der Waals surface area contributed by atoms with Crippen LogP contribution in [0, 0.1) is 17.8 Å². The summed E-state index contributed by atoms with van der Waals surface area (Å²) in [6, 6.07) is 0.793. The van der Waals surface area contributed by atoms with Crippen molar-refractivity contribution in [2.45, 2.75) is 78.7 Å².